The van der Waals surface area contributed by atoms with Gasteiger partial charge in [-0.15, -0.1) is 0 Å². The van der Waals surface area contributed by atoms with Crippen molar-refractivity contribution in [3.05, 3.63) is 53.3 Å². The van der Waals surface area contributed by atoms with Gasteiger partial charge in [-0.3, -0.25) is 5.10 Å². The minimum absolute atomic E-state index is 0.207. The first-order chi connectivity index (χ1) is 8.29. The van der Waals surface area contributed by atoms with Gasteiger partial charge in [0.2, 0.25) is 0 Å². The van der Waals surface area contributed by atoms with Gasteiger partial charge in [0.05, 0.1) is 17.8 Å². The van der Waals surface area contributed by atoms with Crippen LogP contribution in [0.25, 0.3) is 0 Å². The molecule has 2 aromatic rings. The Morgan fingerprint density at radius 3 is 3.12 bits per heavy atom. The first kappa shape index (κ1) is 11.4. The summed E-state index contributed by atoms with van der Waals surface area (Å²) in [4.78, 5) is 0. The quantitative estimate of drug-likeness (QED) is 0.839. The third-order valence-electron chi connectivity index (χ3n) is 2.68. The van der Waals surface area contributed by atoms with Gasteiger partial charge >= 0.3 is 0 Å². The van der Waals surface area contributed by atoms with E-state index in [2.05, 4.69) is 28.5 Å². The van der Waals surface area contributed by atoms with Crippen LogP contribution >= 0.6 is 0 Å². The molecule has 0 aliphatic carbocycles. The van der Waals surface area contributed by atoms with Crippen LogP contribution in [0, 0.1) is 11.3 Å². The molecule has 2 N–H and O–H groups in total. The highest BCUT2D eigenvalue weighted by atomic mass is 15.1. The number of rotatable bonds is 4. The molecular formula is C13H14N4. The number of hydrogen-bond donors (Lipinski definition) is 2. The zero-order valence-corrected chi connectivity index (χ0v) is 9.64. The Kier molecular flexibility index (Phi) is 3.53. The summed E-state index contributed by atoms with van der Waals surface area (Å²) in [6, 6.07) is 10.0. The summed E-state index contributed by atoms with van der Waals surface area (Å²) in [7, 11) is 0. The number of aromatic nitrogens is 2. The summed E-state index contributed by atoms with van der Waals surface area (Å²) in [5.41, 5.74) is 2.93. The Balaban J connectivity index is 1.99. The van der Waals surface area contributed by atoms with E-state index in [-0.39, 0.29) is 6.04 Å². The van der Waals surface area contributed by atoms with Crippen molar-refractivity contribution >= 4 is 0 Å². The number of nitriles is 1. The van der Waals surface area contributed by atoms with E-state index < -0.39 is 0 Å². The zero-order valence-electron chi connectivity index (χ0n) is 9.64. The lowest BCUT2D eigenvalue weighted by molar-refractivity contribution is 0.575. The summed E-state index contributed by atoms with van der Waals surface area (Å²) in [5.74, 6) is 0. The SMILES string of the molecule is CC(NCc1cn[nH]c1)c1cccc(C#N)c1. The number of aromatic amines is 1. The molecule has 0 saturated carbocycles. The molecule has 0 spiro atoms. The maximum absolute atomic E-state index is 8.84. The summed E-state index contributed by atoms with van der Waals surface area (Å²) in [6.45, 7) is 2.84. The van der Waals surface area contributed by atoms with E-state index in [0.29, 0.717) is 5.56 Å². The molecule has 1 aromatic carbocycles. The predicted octanol–water partition coefficient (Wildman–Crippen LogP) is 2.13. The lowest BCUT2D eigenvalue weighted by Crippen LogP contribution is -2.17. The Morgan fingerprint density at radius 2 is 2.41 bits per heavy atom. The maximum Gasteiger partial charge on any atom is 0.0991 e. The van der Waals surface area contributed by atoms with Crippen LogP contribution in [-0.4, -0.2) is 10.2 Å². The molecule has 1 atom stereocenters. The summed E-state index contributed by atoms with van der Waals surface area (Å²) < 4.78 is 0. The van der Waals surface area contributed by atoms with Crippen molar-refractivity contribution in [3.63, 3.8) is 0 Å². The van der Waals surface area contributed by atoms with Crippen LogP contribution in [0.4, 0.5) is 0 Å². The van der Waals surface area contributed by atoms with Crippen LogP contribution in [0.1, 0.15) is 29.7 Å². The molecule has 0 fully saturated rings. The minimum atomic E-state index is 0.207. The fourth-order valence-corrected chi connectivity index (χ4v) is 1.64. The van der Waals surface area contributed by atoms with Gasteiger partial charge in [-0.05, 0) is 24.6 Å². The van der Waals surface area contributed by atoms with Crippen LogP contribution in [0.3, 0.4) is 0 Å². The molecule has 4 nitrogen and oxygen atoms in total. The molecule has 0 aliphatic heterocycles. The molecule has 1 unspecified atom stereocenters. The molecule has 1 aromatic heterocycles. The Morgan fingerprint density at radius 1 is 1.53 bits per heavy atom. The average molecular weight is 226 g/mol. The van der Waals surface area contributed by atoms with Crippen molar-refractivity contribution in [1.82, 2.24) is 15.5 Å². The van der Waals surface area contributed by atoms with Gasteiger partial charge in [0, 0.05) is 24.3 Å². The van der Waals surface area contributed by atoms with Crippen molar-refractivity contribution < 1.29 is 0 Å². The third-order valence-corrected chi connectivity index (χ3v) is 2.68. The predicted molar refractivity (Wildman–Crippen MR) is 65.0 cm³/mol. The molecular weight excluding hydrogens is 212 g/mol. The van der Waals surface area contributed by atoms with Crippen molar-refractivity contribution in [1.29, 1.82) is 5.26 Å². The Bertz CT molecular complexity index is 510. The van der Waals surface area contributed by atoms with Crippen molar-refractivity contribution in [2.45, 2.75) is 19.5 Å². The van der Waals surface area contributed by atoms with Crippen molar-refractivity contribution in [2.75, 3.05) is 0 Å². The van der Waals surface area contributed by atoms with Crippen LogP contribution < -0.4 is 5.32 Å². The monoisotopic (exact) mass is 226 g/mol. The van der Waals surface area contributed by atoms with Gasteiger partial charge in [-0.1, -0.05) is 12.1 Å². The van der Waals surface area contributed by atoms with Crippen LogP contribution in [0.2, 0.25) is 0 Å². The second-order valence-corrected chi connectivity index (χ2v) is 3.95. The number of nitrogens with zero attached hydrogens (tertiary/aromatic N) is 2. The minimum Gasteiger partial charge on any atom is -0.306 e. The van der Waals surface area contributed by atoms with E-state index in [4.69, 9.17) is 5.26 Å². The van der Waals surface area contributed by atoms with Crippen LogP contribution in [-0.2, 0) is 6.54 Å². The normalized spacial score (nSPS) is 12.0. The molecule has 0 aliphatic rings. The van der Waals surface area contributed by atoms with E-state index >= 15 is 0 Å². The molecule has 0 saturated heterocycles. The van der Waals surface area contributed by atoms with E-state index in [0.717, 1.165) is 17.7 Å². The van der Waals surface area contributed by atoms with E-state index in [9.17, 15) is 0 Å². The van der Waals surface area contributed by atoms with E-state index in [1.54, 1.807) is 6.20 Å². The highest BCUT2D eigenvalue weighted by molar-refractivity contribution is 5.34. The fourth-order valence-electron chi connectivity index (χ4n) is 1.64. The van der Waals surface area contributed by atoms with E-state index in [1.807, 2.05) is 30.5 Å². The molecule has 1 heterocycles. The zero-order chi connectivity index (χ0) is 12.1. The lowest BCUT2D eigenvalue weighted by atomic mass is 10.1. The van der Waals surface area contributed by atoms with Gasteiger partial charge < -0.3 is 5.32 Å². The van der Waals surface area contributed by atoms with Gasteiger partial charge in [0.1, 0.15) is 0 Å². The molecule has 2 rings (SSSR count). The van der Waals surface area contributed by atoms with Gasteiger partial charge in [0.15, 0.2) is 0 Å². The largest absolute Gasteiger partial charge is 0.306 e. The third kappa shape index (κ3) is 2.92. The smallest absolute Gasteiger partial charge is 0.0991 e. The number of benzene rings is 1. The topological polar surface area (TPSA) is 64.5 Å². The lowest BCUT2D eigenvalue weighted by Gasteiger charge is -2.13. The summed E-state index contributed by atoms with van der Waals surface area (Å²) in [5, 5.41) is 18.9. The van der Waals surface area contributed by atoms with Gasteiger partial charge in [-0.25, -0.2) is 0 Å². The molecule has 17 heavy (non-hydrogen) atoms. The highest BCUT2D eigenvalue weighted by Crippen LogP contribution is 2.14. The Hall–Kier alpha value is -2.12. The molecule has 0 radical (unpaired) electrons. The van der Waals surface area contributed by atoms with E-state index in [1.165, 1.54) is 0 Å². The molecule has 86 valence electrons. The first-order valence-corrected chi connectivity index (χ1v) is 5.50. The van der Waals surface area contributed by atoms with Crippen LogP contribution in [0.5, 0.6) is 0 Å². The second-order valence-electron chi connectivity index (χ2n) is 3.95. The molecule has 4 heteroatoms. The first-order valence-electron chi connectivity index (χ1n) is 5.50. The molecule has 0 bridgehead atoms. The standard InChI is InChI=1S/C13H14N4/c1-10(15-7-12-8-16-17-9-12)13-4-2-3-11(5-13)6-14/h2-5,8-10,15H,7H2,1H3,(H,16,17). The Labute approximate surface area is 100 Å². The maximum atomic E-state index is 8.84. The number of nitrogens with one attached hydrogen (secondary N) is 2. The highest BCUT2D eigenvalue weighted by Gasteiger charge is 2.05. The number of hydrogen-bond acceptors (Lipinski definition) is 3. The van der Waals surface area contributed by atoms with Gasteiger partial charge in [0.25, 0.3) is 0 Å². The number of H-pyrrole nitrogens is 1. The van der Waals surface area contributed by atoms with Crippen molar-refractivity contribution in [3.8, 4) is 6.07 Å². The fraction of sp³-hybridized carbons (Fsp3) is 0.231. The van der Waals surface area contributed by atoms with Crippen LogP contribution in [0.15, 0.2) is 36.7 Å². The average Bonchev–Trinajstić information content (AvgIpc) is 2.89. The van der Waals surface area contributed by atoms with Crippen molar-refractivity contribution in [2.24, 2.45) is 0 Å². The second kappa shape index (κ2) is 5.28. The summed E-state index contributed by atoms with van der Waals surface area (Å²) in [6.07, 6.45) is 3.66. The van der Waals surface area contributed by atoms with Gasteiger partial charge in [-0.2, -0.15) is 10.4 Å². The summed E-state index contributed by atoms with van der Waals surface area (Å²) >= 11 is 0. The molecule has 0 amide bonds.